The number of aromatic nitrogens is 2. The topological polar surface area (TPSA) is 67.6 Å². The second-order valence-corrected chi connectivity index (χ2v) is 4.79. The lowest BCUT2D eigenvalue weighted by Crippen LogP contribution is -2.28. The van der Waals surface area contributed by atoms with Crippen LogP contribution in [0.5, 0.6) is 0 Å². The Bertz CT molecular complexity index is 421. The molecule has 0 unspecified atom stereocenters. The van der Waals surface area contributed by atoms with Crippen molar-refractivity contribution in [3.8, 4) is 0 Å². The molecule has 17 heavy (non-hydrogen) atoms. The van der Waals surface area contributed by atoms with E-state index in [0.29, 0.717) is 19.7 Å². The molecule has 0 aromatic carbocycles. The standard InChI is InChI=1S/C10H14BrN3O3/c1-13-9(11)7(4-12-13)6-17-8-2-3-14(5-8)10(15)16/h4,8H,2-3,5-6H2,1H3,(H,15,16)/t8-/m1/s1. The van der Waals surface area contributed by atoms with Gasteiger partial charge in [-0.2, -0.15) is 5.10 Å². The number of amides is 1. The third kappa shape index (κ3) is 2.78. The fourth-order valence-electron chi connectivity index (χ4n) is 1.81. The van der Waals surface area contributed by atoms with E-state index in [9.17, 15) is 4.79 Å². The maximum atomic E-state index is 10.7. The third-order valence-corrected chi connectivity index (χ3v) is 3.85. The van der Waals surface area contributed by atoms with Crippen LogP contribution in [0.25, 0.3) is 0 Å². The van der Waals surface area contributed by atoms with Gasteiger partial charge in [-0.3, -0.25) is 4.68 Å². The van der Waals surface area contributed by atoms with Crippen LogP contribution in [0.3, 0.4) is 0 Å². The molecule has 1 atom stereocenters. The number of hydrogen-bond acceptors (Lipinski definition) is 3. The maximum absolute atomic E-state index is 10.7. The number of rotatable bonds is 3. The second kappa shape index (κ2) is 5.05. The van der Waals surface area contributed by atoms with E-state index in [2.05, 4.69) is 21.0 Å². The van der Waals surface area contributed by atoms with E-state index in [-0.39, 0.29) is 6.10 Å². The van der Waals surface area contributed by atoms with E-state index < -0.39 is 6.09 Å². The van der Waals surface area contributed by atoms with Gasteiger partial charge in [0.25, 0.3) is 0 Å². The summed E-state index contributed by atoms with van der Waals surface area (Å²) in [6.07, 6.45) is 1.61. The molecular formula is C10H14BrN3O3. The van der Waals surface area contributed by atoms with E-state index in [0.717, 1.165) is 16.6 Å². The minimum atomic E-state index is -0.876. The zero-order valence-corrected chi connectivity index (χ0v) is 11.1. The molecule has 2 heterocycles. The van der Waals surface area contributed by atoms with E-state index in [1.165, 1.54) is 4.90 Å². The van der Waals surface area contributed by atoms with Crippen molar-refractivity contribution in [2.45, 2.75) is 19.1 Å². The van der Waals surface area contributed by atoms with E-state index in [4.69, 9.17) is 9.84 Å². The molecule has 1 amide bonds. The highest BCUT2D eigenvalue weighted by atomic mass is 79.9. The summed E-state index contributed by atoms with van der Waals surface area (Å²) in [7, 11) is 1.84. The summed E-state index contributed by atoms with van der Waals surface area (Å²) in [6, 6.07) is 0. The van der Waals surface area contributed by atoms with Gasteiger partial charge < -0.3 is 14.7 Å². The average Bonchev–Trinajstić information content (AvgIpc) is 2.86. The highest BCUT2D eigenvalue weighted by Gasteiger charge is 2.26. The summed E-state index contributed by atoms with van der Waals surface area (Å²) >= 11 is 3.41. The number of carbonyl (C=O) groups is 1. The van der Waals surface area contributed by atoms with Crippen molar-refractivity contribution in [3.05, 3.63) is 16.4 Å². The molecule has 6 nitrogen and oxygen atoms in total. The Hall–Kier alpha value is -1.08. The molecule has 1 N–H and O–H groups in total. The van der Waals surface area contributed by atoms with Crippen molar-refractivity contribution in [2.24, 2.45) is 7.05 Å². The average molecular weight is 304 g/mol. The molecule has 1 aliphatic heterocycles. The molecule has 0 radical (unpaired) electrons. The first-order chi connectivity index (χ1) is 8.08. The largest absolute Gasteiger partial charge is 0.465 e. The summed E-state index contributed by atoms with van der Waals surface area (Å²) in [6.45, 7) is 1.45. The number of nitrogens with zero attached hydrogens (tertiary/aromatic N) is 3. The first-order valence-corrected chi connectivity index (χ1v) is 6.13. The van der Waals surface area contributed by atoms with Crippen LogP contribution < -0.4 is 0 Å². The predicted molar refractivity (Wildman–Crippen MR) is 63.7 cm³/mol. The van der Waals surface area contributed by atoms with Crippen LogP contribution in [0.2, 0.25) is 0 Å². The van der Waals surface area contributed by atoms with Crippen molar-refractivity contribution in [3.63, 3.8) is 0 Å². The van der Waals surface area contributed by atoms with Crippen molar-refractivity contribution < 1.29 is 14.6 Å². The molecule has 7 heteroatoms. The molecule has 1 aliphatic rings. The summed E-state index contributed by atoms with van der Waals surface area (Å²) in [5.74, 6) is 0. The summed E-state index contributed by atoms with van der Waals surface area (Å²) < 4.78 is 8.29. The van der Waals surface area contributed by atoms with Gasteiger partial charge in [0.05, 0.1) is 25.5 Å². The molecule has 0 saturated carbocycles. The van der Waals surface area contributed by atoms with Crippen molar-refractivity contribution in [2.75, 3.05) is 13.1 Å². The Morgan fingerprint density at radius 1 is 1.76 bits per heavy atom. The molecule has 2 rings (SSSR count). The van der Waals surface area contributed by atoms with Gasteiger partial charge in [-0.15, -0.1) is 0 Å². The lowest BCUT2D eigenvalue weighted by molar-refractivity contribution is 0.0462. The first-order valence-electron chi connectivity index (χ1n) is 5.33. The molecule has 0 bridgehead atoms. The highest BCUT2D eigenvalue weighted by molar-refractivity contribution is 9.10. The first kappa shape index (κ1) is 12.4. The Labute approximate surface area is 107 Å². The minimum absolute atomic E-state index is 0.0155. The van der Waals surface area contributed by atoms with Crippen molar-refractivity contribution in [1.29, 1.82) is 0 Å². The van der Waals surface area contributed by atoms with Gasteiger partial charge in [0.2, 0.25) is 0 Å². The smallest absolute Gasteiger partial charge is 0.407 e. The van der Waals surface area contributed by atoms with Gasteiger partial charge in [-0.25, -0.2) is 4.79 Å². The fourth-order valence-corrected chi connectivity index (χ4v) is 2.12. The molecule has 1 aromatic rings. The number of hydrogen-bond donors (Lipinski definition) is 1. The Morgan fingerprint density at radius 3 is 3.06 bits per heavy atom. The van der Waals surface area contributed by atoms with Crippen LogP contribution in [-0.4, -0.2) is 45.1 Å². The maximum Gasteiger partial charge on any atom is 0.407 e. The quantitative estimate of drug-likeness (QED) is 0.918. The lowest BCUT2D eigenvalue weighted by atomic mass is 10.3. The van der Waals surface area contributed by atoms with Gasteiger partial charge >= 0.3 is 6.09 Å². The normalized spacial score (nSPS) is 19.9. The number of carboxylic acid groups (broad SMARTS) is 1. The summed E-state index contributed by atoms with van der Waals surface area (Å²) in [4.78, 5) is 12.1. The van der Waals surface area contributed by atoms with Gasteiger partial charge in [-0.05, 0) is 22.4 Å². The Kier molecular flexibility index (Phi) is 3.68. The van der Waals surface area contributed by atoms with E-state index in [1.54, 1.807) is 10.9 Å². The molecule has 1 saturated heterocycles. The molecule has 94 valence electrons. The minimum Gasteiger partial charge on any atom is -0.465 e. The summed E-state index contributed by atoms with van der Waals surface area (Å²) in [5, 5.41) is 12.9. The molecule has 0 aliphatic carbocycles. The van der Waals surface area contributed by atoms with Crippen molar-refractivity contribution >= 4 is 22.0 Å². The number of likely N-dealkylation sites (tertiary alicyclic amines) is 1. The number of ether oxygens (including phenoxy) is 1. The Balaban J connectivity index is 1.84. The van der Waals surface area contributed by atoms with Crippen LogP contribution in [-0.2, 0) is 18.4 Å². The SMILES string of the molecule is Cn1ncc(CO[C@@H]2CCN(C(=O)O)C2)c1Br. The van der Waals surface area contributed by atoms with Crippen LogP contribution in [0.1, 0.15) is 12.0 Å². The van der Waals surface area contributed by atoms with E-state index in [1.807, 2.05) is 7.05 Å². The van der Waals surface area contributed by atoms with Gasteiger partial charge in [0, 0.05) is 19.2 Å². The number of halogens is 1. The second-order valence-electron chi connectivity index (χ2n) is 4.03. The van der Waals surface area contributed by atoms with Crippen LogP contribution in [0.15, 0.2) is 10.8 Å². The molecule has 0 spiro atoms. The van der Waals surface area contributed by atoms with E-state index >= 15 is 0 Å². The fraction of sp³-hybridized carbons (Fsp3) is 0.600. The lowest BCUT2D eigenvalue weighted by Gasteiger charge is -2.12. The van der Waals surface area contributed by atoms with Crippen molar-refractivity contribution in [1.82, 2.24) is 14.7 Å². The highest BCUT2D eigenvalue weighted by Crippen LogP contribution is 2.19. The third-order valence-electron chi connectivity index (χ3n) is 2.83. The van der Waals surface area contributed by atoms with Gasteiger partial charge in [0.15, 0.2) is 0 Å². The van der Waals surface area contributed by atoms with Crippen LogP contribution >= 0.6 is 15.9 Å². The van der Waals surface area contributed by atoms with Crippen LogP contribution in [0, 0.1) is 0 Å². The molecular weight excluding hydrogens is 290 g/mol. The summed E-state index contributed by atoms with van der Waals surface area (Å²) in [5.41, 5.74) is 0.973. The monoisotopic (exact) mass is 303 g/mol. The number of aryl methyl sites for hydroxylation is 1. The zero-order chi connectivity index (χ0) is 12.4. The molecule has 1 fully saturated rings. The zero-order valence-electron chi connectivity index (χ0n) is 9.47. The predicted octanol–water partition coefficient (Wildman–Crippen LogP) is 1.45. The molecule has 1 aromatic heterocycles. The Morgan fingerprint density at radius 2 is 2.53 bits per heavy atom. The van der Waals surface area contributed by atoms with Gasteiger partial charge in [-0.1, -0.05) is 0 Å². The van der Waals surface area contributed by atoms with Gasteiger partial charge in [0.1, 0.15) is 4.60 Å². The van der Waals surface area contributed by atoms with Crippen LogP contribution in [0.4, 0.5) is 4.79 Å².